The Morgan fingerprint density at radius 1 is 1.13 bits per heavy atom. The molecular formula is C22H26F3N3O3. The number of piperazine rings is 1. The van der Waals surface area contributed by atoms with Gasteiger partial charge in [0.05, 0.1) is 30.0 Å². The summed E-state index contributed by atoms with van der Waals surface area (Å²) < 4.78 is 43.9. The summed E-state index contributed by atoms with van der Waals surface area (Å²) in [5.41, 5.74) is 1.80. The molecule has 9 heteroatoms. The van der Waals surface area contributed by atoms with Crippen LogP contribution in [0, 0.1) is 13.8 Å². The predicted molar refractivity (Wildman–Crippen MR) is 111 cm³/mol. The zero-order valence-electron chi connectivity index (χ0n) is 17.8. The quantitative estimate of drug-likeness (QED) is 0.550. The Balaban J connectivity index is 1.62. The molecule has 1 aliphatic rings. The second kappa shape index (κ2) is 9.13. The fraction of sp³-hybridized carbons (Fsp3) is 0.455. The van der Waals surface area contributed by atoms with Crippen LogP contribution in [0.2, 0.25) is 0 Å². The van der Waals surface area contributed by atoms with Gasteiger partial charge in [0.15, 0.2) is 5.78 Å². The molecule has 0 saturated carbocycles. The van der Waals surface area contributed by atoms with E-state index in [0.717, 1.165) is 12.1 Å². The molecule has 2 aromatic rings. The van der Waals surface area contributed by atoms with Crippen LogP contribution in [-0.2, 0) is 10.9 Å². The molecule has 0 atom stereocenters. The molecule has 1 aliphatic heterocycles. The highest BCUT2D eigenvalue weighted by atomic mass is 19.4. The van der Waals surface area contributed by atoms with E-state index in [-0.39, 0.29) is 18.9 Å². The Kier molecular flexibility index (Phi) is 6.74. The Labute approximate surface area is 179 Å². The first-order valence-corrected chi connectivity index (χ1v) is 10.2. The van der Waals surface area contributed by atoms with Crippen molar-refractivity contribution in [2.24, 2.45) is 0 Å². The van der Waals surface area contributed by atoms with Crippen molar-refractivity contribution in [3.8, 4) is 0 Å². The SMILES string of the molecule is CCOC(=O)c1c(C)[nH]c(C(=O)CN2CCN(c3cccc(C(F)(F)F)c3)CC2)c1C. The molecule has 0 aliphatic carbocycles. The van der Waals surface area contributed by atoms with Crippen LogP contribution < -0.4 is 4.90 Å². The van der Waals surface area contributed by atoms with E-state index in [2.05, 4.69) is 4.98 Å². The molecule has 1 N–H and O–H groups in total. The standard InChI is InChI=1S/C22H26F3N3O3/c1-4-31-21(30)19-14(2)20(26-15(19)3)18(29)13-27-8-10-28(11-9-27)17-7-5-6-16(12-17)22(23,24)25/h5-7,12,26H,4,8-11,13H2,1-3H3. The molecule has 1 aromatic carbocycles. The van der Waals surface area contributed by atoms with Crippen molar-refractivity contribution in [3.05, 3.63) is 52.3 Å². The van der Waals surface area contributed by atoms with Gasteiger partial charge in [-0.25, -0.2) is 4.79 Å². The number of benzene rings is 1. The Bertz CT molecular complexity index is 961. The van der Waals surface area contributed by atoms with Crippen LogP contribution >= 0.6 is 0 Å². The van der Waals surface area contributed by atoms with E-state index >= 15 is 0 Å². The maximum absolute atomic E-state index is 13.0. The van der Waals surface area contributed by atoms with E-state index in [1.54, 1.807) is 26.8 Å². The second-order valence-electron chi connectivity index (χ2n) is 7.58. The van der Waals surface area contributed by atoms with Crippen LogP contribution in [0.3, 0.4) is 0 Å². The van der Waals surface area contributed by atoms with E-state index in [0.29, 0.717) is 54.4 Å². The summed E-state index contributed by atoms with van der Waals surface area (Å²) in [6.07, 6.45) is -4.38. The highest BCUT2D eigenvalue weighted by Gasteiger charge is 2.31. The topological polar surface area (TPSA) is 65.6 Å². The smallest absolute Gasteiger partial charge is 0.416 e. The van der Waals surface area contributed by atoms with Gasteiger partial charge in [0.2, 0.25) is 0 Å². The van der Waals surface area contributed by atoms with Crippen LogP contribution in [0.4, 0.5) is 18.9 Å². The molecule has 1 saturated heterocycles. The van der Waals surface area contributed by atoms with E-state index < -0.39 is 17.7 Å². The van der Waals surface area contributed by atoms with E-state index in [4.69, 9.17) is 4.74 Å². The zero-order valence-corrected chi connectivity index (χ0v) is 17.8. The number of alkyl halides is 3. The lowest BCUT2D eigenvalue weighted by atomic mass is 10.1. The van der Waals surface area contributed by atoms with Crippen molar-refractivity contribution < 1.29 is 27.5 Å². The maximum Gasteiger partial charge on any atom is 0.416 e. The number of aromatic nitrogens is 1. The normalized spacial score (nSPS) is 15.2. The number of aromatic amines is 1. The van der Waals surface area contributed by atoms with Crippen LogP contribution in [-0.4, -0.2) is 61.0 Å². The summed E-state index contributed by atoms with van der Waals surface area (Å²) in [6.45, 7) is 7.72. The summed E-state index contributed by atoms with van der Waals surface area (Å²) in [5.74, 6) is -0.592. The number of rotatable bonds is 6. The molecule has 1 fully saturated rings. The third-order valence-corrected chi connectivity index (χ3v) is 5.47. The van der Waals surface area contributed by atoms with E-state index in [1.165, 1.54) is 6.07 Å². The minimum atomic E-state index is -4.38. The molecule has 0 radical (unpaired) electrons. The van der Waals surface area contributed by atoms with Gasteiger partial charge in [-0.1, -0.05) is 6.07 Å². The largest absolute Gasteiger partial charge is 0.462 e. The zero-order chi connectivity index (χ0) is 22.8. The number of hydrogen-bond donors (Lipinski definition) is 1. The lowest BCUT2D eigenvalue weighted by Gasteiger charge is -2.36. The average Bonchev–Trinajstić information content (AvgIpc) is 3.02. The van der Waals surface area contributed by atoms with Gasteiger partial charge in [0.1, 0.15) is 0 Å². The van der Waals surface area contributed by atoms with Crippen LogP contribution in [0.15, 0.2) is 24.3 Å². The third-order valence-electron chi connectivity index (χ3n) is 5.47. The monoisotopic (exact) mass is 437 g/mol. The summed E-state index contributed by atoms with van der Waals surface area (Å²) in [6, 6.07) is 5.29. The molecule has 0 bridgehead atoms. The minimum Gasteiger partial charge on any atom is -0.462 e. The number of halogens is 3. The number of hydrogen-bond acceptors (Lipinski definition) is 5. The second-order valence-corrected chi connectivity index (χ2v) is 7.58. The Morgan fingerprint density at radius 3 is 2.42 bits per heavy atom. The molecule has 3 rings (SSSR count). The summed E-state index contributed by atoms with van der Waals surface area (Å²) >= 11 is 0. The number of carbonyl (C=O) groups is 2. The molecule has 31 heavy (non-hydrogen) atoms. The van der Waals surface area contributed by atoms with Gasteiger partial charge >= 0.3 is 12.1 Å². The lowest BCUT2D eigenvalue weighted by molar-refractivity contribution is -0.137. The highest BCUT2D eigenvalue weighted by molar-refractivity contribution is 6.02. The molecule has 0 spiro atoms. The van der Waals surface area contributed by atoms with E-state index in [9.17, 15) is 22.8 Å². The van der Waals surface area contributed by atoms with Crippen LogP contribution in [0.1, 0.15) is 44.6 Å². The first-order chi connectivity index (χ1) is 14.6. The highest BCUT2D eigenvalue weighted by Crippen LogP contribution is 2.32. The Hall–Kier alpha value is -2.81. The molecular weight excluding hydrogens is 411 g/mol. The first-order valence-electron chi connectivity index (χ1n) is 10.2. The van der Waals surface area contributed by atoms with Crippen LogP contribution in [0.25, 0.3) is 0 Å². The van der Waals surface area contributed by atoms with Gasteiger partial charge in [-0.2, -0.15) is 13.2 Å². The lowest BCUT2D eigenvalue weighted by Crippen LogP contribution is -2.48. The molecule has 2 heterocycles. The van der Waals surface area contributed by atoms with Crippen molar-refractivity contribution in [1.29, 1.82) is 0 Å². The van der Waals surface area contributed by atoms with Gasteiger partial charge in [-0.15, -0.1) is 0 Å². The summed E-state index contributed by atoms with van der Waals surface area (Å²) in [4.78, 5) is 31.8. The average molecular weight is 437 g/mol. The minimum absolute atomic E-state index is 0.135. The third kappa shape index (κ3) is 5.10. The number of nitrogens with one attached hydrogen (secondary N) is 1. The molecule has 1 aromatic heterocycles. The van der Waals surface area contributed by atoms with Gasteiger partial charge < -0.3 is 14.6 Å². The maximum atomic E-state index is 13.0. The number of esters is 1. The number of anilines is 1. The number of Topliss-reactive ketones (excluding diaryl/α,β-unsaturated/α-hetero) is 1. The molecule has 168 valence electrons. The summed E-state index contributed by atoms with van der Waals surface area (Å²) in [5, 5.41) is 0. The molecule has 6 nitrogen and oxygen atoms in total. The van der Waals surface area contributed by atoms with Crippen LogP contribution in [0.5, 0.6) is 0 Å². The van der Waals surface area contributed by atoms with Gasteiger partial charge in [-0.05, 0) is 44.5 Å². The number of ether oxygens (including phenoxy) is 1. The fourth-order valence-electron chi connectivity index (χ4n) is 3.86. The first kappa shape index (κ1) is 22.9. The van der Waals surface area contributed by atoms with Crippen molar-refractivity contribution in [2.45, 2.75) is 26.9 Å². The van der Waals surface area contributed by atoms with Gasteiger partial charge in [0.25, 0.3) is 0 Å². The van der Waals surface area contributed by atoms with Crippen molar-refractivity contribution in [1.82, 2.24) is 9.88 Å². The van der Waals surface area contributed by atoms with E-state index in [1.807, 2.05) is 9.80 Å². The fourth-order valence-corrected chi connectivity index (χ4v) is 3.86. The van der Waals surface area contributed by atoms with Crippen molar-refractivity contribution in [2.75, 3.05) is 44.2 Å². The van der Waals surface area contributed by atoms with Crippen molar-refractivity contribution in [3.63, 3.8) is 0 Å². The summed E-state index contributed by atoms with van der Waals surface area (Å²) in [7, 11) is 0. The number of ketones is 1. The molecule has 0 amide bonds. The number of H-pyrrole nitrogens is 1. The van der Waals surface area contributed by atoms with Gasteiger partial charge in [-0.3, -0.25) is 9.69 Å². The number of aryl methyl sites for hydroxylation is 1. The predicted octanol–water partition coefficient (Wildman–Crippen LogP) is 3.83. The number of nitrogens with zero attached hydrogens (tertiary/aromatic N) is 2. The van der Waals surface area contributed by atoms with Gasteiger partial charge in [0, 0.05) is 37.6 Å². The molecule has 0 unspecified atom stereocenters. The van der Waals surface area contributed by atoms with Crippen molar-refractivity contribution >= 4 is 17.4 Å². The number of carbonyl (C=O) groups excluding carboxylic acids is 2. The Morgan fingerprint density at radius 2 is 1.81 bits per heavy atom.